The van der Waals surface area contributed by atoms with Gasteiger partial charge < -0.3 is 10.8 Å². The van der Waals surface area contributed by atoms with Gasteiger partial charge in [-0.1, -0.05) is 48.5 Å². The molecular formula is C14H15NO. The topological polar surface area (TPSA) is 46.2 Å². The molecule has 0 spiro atoms. The summed E-state index contributed by atoms with van der Waals surface area (Å²) in [4.78, 5) is 0. The van der Waals surface area contributed by atoms with Crippen molar-refractivity contribution in [3.8, 4) is 11.1 Å². The first-order chi connectivity index (χ1) is 7.85. The molecule has 0 saturated carbocycles. The van der Waals surface area contributed by atoms with E-state index in [0.29, 0.717) is 6.54 Å². The lowest BCUT2D eigenvalue weighted by molar-refractivity contribution is 0.282. The first-order valence-electron chi connectivity index (χ1n) is 5.33. The first-order valence-corrected chi connectivity index (χ1v) is 5.33. The van der Waals surface area contributed by atoms with Gasteiger partial charge in [-0.15, -0.1) is 0 Å². The molecule has 0 aromatic heterocycles. The van der Waals surface area contributed by atoms with Crippen molar-refractivity contribution < 1.29 is 5.11 Å². The minimum atomic E-state index is 0.0643. The Labute approximate surface area is 95.4 Å². The second-order valence-corrected chi connectivity index (χ2v) is 3.72. The predicted molar refractivity (Wildman–Crippen MR) is 65.7 cm³/mol. The molecule has 0 bridgehead atoms. The van der Waals surface area contributed by atoms with Gasteiger partial charge in [0.15, 0.2) is 0 Å². The molecule has 82 valence electrons. The molecule has 0 amide bonds. The molecule has 0 unspecified atom stereocenters. The fourth-order valence-corrected chi connectivity index (χ4v) is 1.76. The first kappa shape index (κ1) is 10.9. The van der Waals surface area contributed by atoms with Gasteiger partial charge in [-0.2, -0.15) is 0 Å². The van der Waals surface area contributed by atoms with Gasteiger partial charge in [-0.05, 0) is 22.3 Å². The van der Waals surface area contributed by atoms with Crippen molar-refractivity contribution in [3.63, 3.8) is 0 Å². The molecule has 2 nitrogen and oxygen atoms in total. The molecule has 0 radical (unpaired) electrons. The number of hydrogen-bond donors (Lipinski definition) is 2. The maximum absolute atomic E-state index is 9.26. The van der Waals surface area contributed by atoms with Gasteiger partial charge in [0.2, 0.25) is 0 Å². The Bertz CT molecular complexity index is 462. The summed E-state index contributed by atoms with van der Waals surface area (Å²) in [6, 6.07) is 16.0. The SMILES string of the molecule is NCc1ccc(-c2ccccc2CO)cc1. The predicted octanol–water partition coefficient (Wildman–Crippen LogP) is 2.30. The number of aliphatic hydroxyl groups excluding tert-OH is 1. The average Bonchev–Trinajstić information content (AvgIpc) is 2.39. The molecule has 2 aromatic rings. The van der Waals surface area contributed by atoms with Crippen molar-refractivity contribution >= 4 is 0 Å². The van der Waals surface area contributed by atoms with Gasteiger partial charge in [0.1, 0.15) is 0 Å². The molecule has 0 saturated heterocycles. The molecule has 0 fully saturated rings. The van der Waals surface area contributed by atoms with Crippen molar-refractivity contribution in [2.75, 3.05) is 0 Å². The summed E-state index contributed by atoms with van der Waals surface area (Å²) in [7, 11) is 0. The Hall–Kier alpha value is -1.64. The Balaban J connectivity index is 2.42. The molecular weight excluding hydrogens is 198 g/mol. The lowest BCUT2D eigenvalue weighted by Gasteiger charge is -2.07. The summed E-state index contributed by atoms with van der Waals surface area (Å²) in [5.74, 6) is 0. The van der Waals surface area contributed by atoms with Crippen LogP contribution in [0, 0.1) is 0 Å². The van der Waals surface area contributed by atoms with Crippen LogP contribution >= 0.6 is 0 Å². The smallest absolute Gasteiger partial charge is 0.0687 e. The Morgan fingerprint density at radius 3 is 2.25 bits per heavy atom. The van der Waals surface area contributed by atoms with Crippen molar-refractivity contribution in [1.82, 2.24) is 0 Å². The van der Waals surface area contributed by atoms with Crippen LogP contribution in [0.3, 0.4) is 0 Å². The summed E-state index contributed by atoms with van der Waals surface area (Å²) in [6.07, 6.45) is 0. The summed E-state index contributed by atoms with van der Waals surface area (Å²) in [5.41, 5.74) is 9.81. The maximum atomic E-state index is 9.26. The molecule has 0 atom stereocenters. The van der Waals surface area contributed by atoms with E-state index in [9.17, 15) is 5.11 Å². The highest BCUT2D eigenvalue weighted by atomic mass is 16.3. The van der Waals surface area contributed by atoms with Crippen LogP contribution in [0.15, 0.2) is 48.5 Å². The van der Waals surface area contributed by atoms with Gasteiger partial charge in [0.25, 0.3) is 0 Å². The average molecular weight is 213 g/mol. The van der Waals surface area contributed by atoms with E-state index in [1.165, 1.54) is 0 Å². The van der Waals surface area contributed by atoms with Crippen molar-refractivity contribution in [3.05, 3.63) is 59.7 Å². The third-order valence-electron chi connectivity index (χ3n) is 2.69. The van der Waals surface area contributed by atoms with Gasteiger partial charge in [0.05, 0.1) is 6.61 Å². The molecule has 0 aliphatic heterocycles. The zero-order valence-corrected chi connectivity index (χ0v) is 9.06. The van der Waals surface area contributed by atoms with Gasteiger partial charge in [-0.3, -0.25) is 0 Å². The second kappa shape index (κ2) is 4.92. The van der Waals surface area contributed by atoms with Crippen LogP contribution in [0.4, 0.5) is 0 Å². The quantitative estimate of drug-likeness (QED) is 0.821. The Morgan fingerprint density at radius 1 is 0.938 bits per heavy atom. The highest BCUT2D eigenvalue weighted by Gasteiger charge is 2.02. The van der Waals surface area contributed by atoms with E-state index in [4.69, 9.17) is 5.73 Å². The standard InChI is InChI=1S/C14H15NO/c15-9-11-5-7-12(8-6-11)14-4-2-1-3-13(14)10-16/h1-8,16H,9-10,15H2. The van der Waals surface area contributed by atoms with E-state index in [0.717, 1.165) is 22.3 Å². The second-order valence-electron chi connectivity index (χ2n) is 3.72. The summed E-state index contributed by atoms with van der Waals surface area (Å²) >= 11 is 0. The van der Waals surface area contributed by atoms with E-state index in [1.54, 1.807) is 0 Å². The third-order valence-corrected chi connectivity index (χ3v) is 2.69. The van der Waals surface area contributed by atoms with Crippen LogP contribution in [0.25, 0.3) is 11.1 Å². The zero-order valence-electron chi connectivity index (χ0n) is 9.06. The molecule has 0 aliphatic carbocycles. The van der Waals surface area contributed by atoms with Crippen LogP contribution in [0.1, 0.15) is 11.1 Å². The highest BCUT2D eigenvalue weighted by molar-refractivity contribution is 5.67. The fourth-order valence-electron chi connectivity index (χ4n) is 1.76. The highest BCUT2D eigenvalue weighted by Crippen LogP contribution is 2.23. The lowest BCUT2D eigenvalue weighted by Crippen LogP contribution is -1.95. The minimum absolute atomic E-state index is 0.0643. The fraction of sp³-hybridized carbons (Fsp3) is 0.143. The molecule has 2 rings (SSSR count). The Kier molecular flexibility index (Phi) is 3.34. The molecule has 0 aliphatic rings. The van der Waals surface area contributed by atoms with Gasteiger partial charge >= 0.3 is 0 Å². The molecule has 16 heavy (non-hydrogen) atoms. The van der Waals surface area contributed by atoms with Crippen molar-refractivity contribution in [1.29, 1.82) is 0 Å². The zero-order chi connectivity index (χ0) is 11.4. The van der Waals surface area contributed by atoms with Crippen LogP contribution in [-0.2, 0) is 13.2 Å². The van der Waals surface area contributed by atoms with Crippen LogP contribution in [-0.4, -0.2) is 5.11 Å². The number of benzene rings is 2. The molecule has 2 aromatic carbocycles. The van der Waals surface area contributed by atoms with Gasteiger partial charge in [0, 0.05) is 6.54 Å². The van der Waals surface area contributed by atoms with Crippen LogP contribution in [0.2, 0.25) is 0 Å². The number of nitrogens with two attached hydrogens (primary N) is 1. The van der Waals surface area contributed by atoms with E-state index >= 15 is 0 Å². The lowest BCUT2D eigenvalue weighted by atomic mass is 9.99. The number of rotatable bonds is 3. The van der Waals surface area contributed by atoms with E-state index in [-0.39, 0.29) is 6.61 Å². The number of hydrogen-bond acceptors (Lipinski definition) is 2. The van der Waals surface area contributed by atoms with Crippen LogP contribution < -0.4 is 5.73 Å². The van der Waals surface area contributed by atoms with Crippen LogP contribution in [0.5, 0.6) is 0 Å². The van der Waals surface area contributed by atoms with Crippen molar-refractivity contribution in [2.45, 2.75) is 13.2 Å². The normalized spacial score (nSPS) is 10.4. The summed E-state index contributed by atoms with van der Waals surface area (Å²) < 4.78 is 0. The minimum Gasteiger partial charge on any atom is -0.392 e. The number of aliphatic hydroxyl groups is 1. The van der Waals surface area contributed by atoms with E-state index in [1.807, 2.05) is 48.5 Å². The molecule has 3 N–H and O–H groups in total. The molecule has 0 heterocycles. The van der Waals surface area contributed by atoms with E-state index < -0.39 is 0 Å². The maximum Gasteiger partial charge on any atom is 0.0687 e. The molecule has 2 heteroatoms. The Morgan fingerprint density at radius 2 is 1.62 bits per heavy atom. The van der Waals surface area contributed by atoms with Crippen molar-refractivity contribution in [2.24, 2.45) is 5.73 Å². The largest absolute Gasteiger partial charge is 0.392 e. The summed E-state index contributed by atoms with van der Waals surface area (Å²) in [5, 5.41) is 9.26. The van der Waals surface area contributed by atoms with Gasteiger partial charge in [-0.25, -0.2) is 0 Å². The monoisotopic (exact) mass is 213 g/mol. The van der Waals surface area contributed by atoms with E-state index in [2.05, 4.69) is 0 Å². The third kappa shape index (κ3) is 2.13. The summed E-state index contributed by atoms with van der Waals surface area (Å²) in [6.45, 7) is 0.622.